The maximum absolute atomic E-state index is 12.2. The summed E-state index contributed by atoms with van der Waals surface area (Å²) in [5, 5.41) is 0. The Bertz CT molecular complexity index is 200. The summed E-state index contributed by atoms with van der Waals surface area (Å²) < 4.78 is 17.9. The molecule has 0 amide bonds. The van der Waals surface area contributed by atoms with E-state index in [-0.39, 0.29) is 6.10 Å². The van der Waals surface area contributed by atoms with Crippen molar-refractivity contribution in [2.24, 2.45) is 0 Å². The van der Waals surface area contributed by atoms with Crippen LogP contribution in [-0.4, -0.2) is 29.5 Å². The van der Waals surface area contributed by atoms with Gasteiger partial charge in [0.25, 0.3) is 6.57 Å². The monoisotopic (exact) mass is 270 g/mol. The summed E-state index contributed by atoms with van der Waals surface area (Å²) in [6, 6.07) is 0. The van der Waals surface area contributed by atoms with Crippen LogP contribution in [0.5, 0.6) is 0 Å². The number of rotatable bonds is 9. The largest absolute Gasteiger partial charge is 0.318 e. The number of thioether (sulfide) groups is 1. The molecule has 0 rings (SSSR count). The first kappa shape index (κ1) is 15.9. The Morgan fingerprint density at radius 2 is 1.93 bits per heavy atom. The third-order valence-corrected chi connectivity index (χ3v) is 8.18. The van der Waals surface area contributed by atoms with Gasteiger partial charge in [0, 0.05) is 17.7 Å². The summed E-state index contributed by atoms with van der Waals surface area (Å²) in [6.07, 6.45) is 1.68. The summed E-state index contributed by atoms with van der Waals surface area (Å²) in [7, 11) is 0. The lowest BCUT2D eigenvalue weighted by Crippen LogP contribution is -2.04. The molecule has 0 aromatic carbocycles. The first-order chi connectivity index (χ1) is 7.08. The lowest BCUT2D eigenvalue weighted by molar-refractivity contribution is 0.228. The van der Waals surface area contributed by atoms with Gasteiger partial charge in [-0.2, -0.15) is 11.8 Å². The van der Waals surface area contributed by atoms with Gasteiger partial charge in [-0.25, -0.2) is 0 Å². The maximum Gasteiger partial charge on any atom is 0.257 e. The normalized spacial score (nSPS) is 17.3. The predicted octanol–water partition coefficient (Wildman–Crippen LogP) is 4.50. The van der Waals surface area contributed by atoms with E-state index in [9.17, 15) is 4.57 Å². The van der Waals surface area contributed by atoms with Gasteiger partial charge in [0.2, 0.25) is 0 Å². The van der Waals surface area contributed by atoms with Crippen molar-refractivity contribution in [3.63, 3.8) is 0 Å². The zero-order valence-corrected chi connectivity index (χ0v) is 12.7. The Morgan fingerprint density at radius 3 is 2.40 bits per heavy atom. The molecule has 0 aliphatic heterocycles. The molecule has 15 heavy (non-hydrogen) atoms. The van der Waals surface area contributed by atoms with Gasteiger partial charge < -0.3 is 4.52 Å². The molecule has 2 nitrogen and oxygen atoms in total. The van der Waals surface area contributed by atoms with Crippen LogP contribution in [0, 0.1) is 0 Å². The Balaban J connectivity index is 3.91. The maximum atomic E-state index is 12.2. The molecule has 0 aromatic heterocycles. The number of hydrogen-bond acceptors (Lipinski definition) is 4. The second-order valence-electron chi connectivity index (χ2n) is 3.28. The lowest BCUT2D eigenvalue weighted by Gasteiger charge is -2.20. The molecule has 5 heteroatoms. The molecule has 0 N–H and O–H groups in total. The van der Waals surface area contributed by atoms with Crippen LogP contribution in [0.4, 0.5) is 0 Å². The highest BCUT2D eigenvalue weighted by atomic mass is 32.7. The van der Waals surface area contributed by atoms with Crippen LogP contribution >= 0.6 is 29.7 Å². The topological polar surface area (TPSA) is 26.3 Å². The van der Waals surface area contributed by atoms with E-state index in [4.69, 9.17) is 4.52 Å². The van der Waals surface area contributed by atoms with Crippen LogP contribution in [-0.2, 0) is 9.09 Å². The zero-order chi connectivity index (χ0) is 11.7. The summed E-state index contributed by atoms with van der Waals surface area (Å²) >= 11 is 3.41. The van der Waals surface area contributed by atoms with Gasteiger partial charge >= 0.3 is 0 Å². The van der Waals surface area contributed by atoms with Crippen LogP contribution in [0.3, 0.4) is 0 Å². The molecule has 92 valence electrons. The van der Waals surface area contributed by atoms with Crippen LogP contribution < -0.4 is 0 Å². The van der Waals surface area contributed by atoms with Crippen molar-refractivity contribution < 1.29 is 9.09 Å². The molecule has 0 bridgehead atoms. The molecule has 0 unspecified atom stereocenters. The molecule has 0 saturated carbocycles. The minimum Gasteiger partial charge on any atom is -0.318 e. The smallest absolute Gasteiger partial charge is 0.257 e. The van der Waals surface area contributed by atoms with Gasteiger partial charge in [0.1, 0.15) is 0 Å². The van der Waals surface area contributed by atoms with E-state index in [0.29, 0.717) is 6.16 Å². The van der Waals surface area contributed by atoms with Gasteiger partial charge in [-0.05, 0) is 19.1 Å². The first-order valence-corrected chi connectivity index (χ1v) is 10.1. The van der Waals surface area contributed by atoms with Crippen molar-refractivity contribution in [1.29, 1.82) is 0 Å². The molecule has 0 heterocycles. The Kier molecular flexibility index (Phi) is 9.51. The van der Waals surface area contributed by atoms with E-state index < -0.39 is 6.57 Å². The standard InChI is InChI=1S/C10H23O2PS2/c1-5-10(4)12-13(11,6-2)15-9-8-14-7-3/h10H,5-9H2,1-4H3/t10-,13+/m1/s1. The minimum absolute atomic E-state index is 0.113. The third-order valence-electron chi connectivity index (χ3n) is 2.02. The fourth-order valence-corrected chi connectivity index (χ4v) is 6.03. The minimum atomic E-state index is -2.41. The highest BCUT2D eigenvalue weighted by molar-refractivity contribution is 8.56. The van der Waals surface area contributed by atoms with Crippen molar-refractivity contribution in [3.8, 4) is 0 Å². The first-order valence-electron chi connectivity index (χ1n) is 5.57. The van der Waals surface area contributed by atoms with Crippen molar-refractivity contribution in [2.45, 2.75) is 40.2 Å². The highest BCUT2D eigenvalue weighted by Crippen LogP contribution is 2.60. The molecular weight excluding hydrogens is 247 g/mol. The lowest BCUT2D eigenvalue weighted by atomic mass is 10.3. The molecule has 0 saturated heterocycles. The van der Waals surface area contributed by atoms with Crippen LogP contribution in [0.1, 0.15) is 34.1 Å². The quantitative estimate of drug-likeness (QED) is 0.455. The van der Waals surface area contributed by atoms with Crippen LogP contribution in [0.15, 0.2) is 0 Å². The van der Waals surface area contributed by atoms with E-state index >= 15 is 0 Å². The second-order valence-corrected chi connectivity index (χ2v) is 9.85. The van der Waals surface area contributed by atoms with Gasteiger partial charge in [0.05, 0.1) is 6.10 Å². The second kappa shape index (κ2) is 8.98. The Hall–Kier alpha value is 0.890. The van der Waals surface area contributed by atoms with E-state index in [2.05, 4.69) is 13.8 Å². The van der Waals surface area contributed by atoms with Crippen LogP contribution in [0.25, 0.3) is 0 Å². The molecule has 0 radical (unpaired) electrons. The average Bonchev–Trinajstić information content (AvgIpc) is 2.24. The molecule has 2 atom stereocenters. The van der Waals surface area contributed by atoms with Gasteiger partial charge in [0.15, 0.2) is 0 Å². The van der Waals surface area contributed by atoms with Crippen molar-refractivity contribution in [2.75, 3.05) is 23.4 Å². The average molecular weight is 270 g/mol. The number of hydrogen-bond donors (Lipinski definition) is 0. The van der Waals surface area contributed by atoms with Gasteiger partial charge in [-0.3, -0.25) is 4.57 Å². The van der Waals surface area contributed by atoms with Gasteiger partial charge in [-0.15, -0.1) is 0 Å². The molecule has 0 aromatic rings. The van der Waals surface area contributed by atoms with Crippen LogP contribution in [0.2, 0.25) is 0 Å². The molecule has 0 aliphatic rings. The summed E-state index contributed by atoms with van der Waals surface area (Å²) in [4.78, 5) is 0. The van der Waals surface area contributed by atoms with E-state index in [1.165, 1.54) is 11.4 Å². The summed E-state index contributed by atoms with van der Waals surface area (Å²) in [5.41, 5.74) is 0. The summed E-state index contributed by atoms with van der Waals surface area (Å²) in [6.45, 7) is 5.73. The third kappa shape index (κ3) is 7.73. The fourth-order valence-electron chi connectivity index (χ4n) is 0.925. The van der Waals surface area contributed by atoms with Gasteiger partial charge in [-0.1, -0.05) is 32.2 Å². The molecule has 0 aliphatic carbocycles. The Labute approximate surface area is 103 Å². The predicted molar refractivity (Wildman–Crippen MR) is 74.4 cm³/mol. The van der Waals surface area contributed by atoms with Crippen molar-refractivity contribution >= 4 is 29.7 Å². The van der Waals surface area contributed by atoms with Crippen molar-refractivity contribution in [1.82, 2.24) is 0 Å². The van der Waals surface area contributed by atoms with E-state index in [1.807, 2.05) is 25.6 Å². The highest BCUT2D eigenvalue weighted by Gasteiger charge is 2.23. The molecule has 0 spiro atoms. The van der Waals surface area contributed by atoms with Crippen molar-refractivity contribution in [3.05, 3.63) is 0 Å². The Morgan fingerprint density at radius 1 is 1.27 bits per heavy atom. The summed E-state index contributed by atoms with van der Waals surface area (Å²) in [5.74, 6) is 3.12. The molecular formula is C10H23O2PS2. The van der Waals surface area contributed by atoms with E-state index in [0.717, 1.165) is 23.7 Å². The molecule has 0 fully saturated rings. The SMILES string of the molecule is CCSCCS[P@](=O)(CC)O[C@H](C)CC. The fraction of sp³-hybridized carbons (Fsp3) is 1.00. The zero-order valence-electron chi connectivity index (χ0n) is 10.2. The van der Waals surface area contributed by atoms with E-state index in [1.54, 1.807) is 0 Å².